The van der Waals surface area contributed by atoms with Gasteiger partial charge in [0.05, 0.1) is 11.6 Å². The van der Waals surface area contributed by atoms with Gasteiger partial charge in [0.15, 0.2) is 0 Å². The molecule has 1 heterocycles. The SMILES string of the molecule is CCc1ccc(/C(O)=C2/C(=O)C(=O)N(C3CCCC3)C2c2ccc(C(C)C)cc2)cc1. The Kier molecular flexibility index (Phi) is 5.99. The number of aliphatic hydroxyl groups is 1. The van der Waals surface area contributed by atoms with Gasteiger partial charge in [-0.2, -0.15) is 0 Å². The van der Waals surface area contributed by atoms with Crippen LogP contribution in [-0.2, 0) is 16.0 Å². The minimum absolute atomic E-state index is 0.0407. The first kappa shape index (κ1) is 21.4. The molecule has 0 aromatic heterocycles. The number of hydrogen-bond acceptors (Lipinski definition) is 3. The Hall–Kier alpha value is -2.88. The predicted molar refractivity (Wildman–Crippen MR) is 123 cm³/mol. The van der Waals surface area contributed by atoms with Crippen molar-refractivity contribution in [2.45, 2.75) is 70.9 Å². The Labute approximate surface area is 184 Å². The molecule has 2 fully saturated rings. The van der Waals surface area contributed by atoms with Crippen LogP contribution < -0.4 is 0 Å². The normalized spacial score (nSPS) is 21.4. The third-order valence-corrected chi connectivity index (χ3v) is 6.75. The third kappa shape index (κ3) is 3.91. The van der Waals surface area contributed by atoms with E-state index >= 15 is 0 Å². The number of likely N-dealkylation sites (tertiary alicyclic amines) is 1. The zero-order chi connectivity index (χ0) is 22.1. The molecule has 4 heteroatoms. The molecule has 4 nitrogen and oxygen atoms in total. The predicted octanol–water partition coefficient (Wildman–Crippen LogP) is 5.74. The molecule has 1 aliphatic heterocycles. The summed E-state index contributed by atoms with van der Waals surface area (Å²) < 4.78 is 0. The van der Waals surface area contributed by atoms with Crippen molar-refractivity contribution in [1.82, 2.24) is 4.90 Å². The fourth-order valence-corrected chi connectivity index (χ4v) is 4.85. The van der Waals surface area contributed by atoms with Gasteiger partial charge in [0.2, 0.25) is 0 Å². The fraction of sp³-hybridized carbons (Fsp3) is 0.407. The van der Waals surface area contributed by atoms with E-state index in [2.05, 4.69) is 32.9 Å². The molecule has 0 radical (unpaired) electrons. The number of rotatable bonds is 5. The minimum atomic E-state index is -0.582. The van der Waals surface area contributed by atoms with E-state index in [1.807, 2.05) is 36.4 Å². The summed E-state index contributed by atoms with van der Waals surface area (Å²) in [6.45, 7) is 6.35. The van der Waals surface area contributed by atoms with Crippen LogP contribution in [0.2, 0.25) is 0 Å². The average Bonchev–Trinajstić information content (AvgIpc) is 3.40. The van der Waals surface area contributed by atoms with E-state index in [9.17, 15) is 14.7 Å². The summed E-state index contributed by atoms with van der Waals surface area (Å²) >= 11 is 0. The van der Waals surface area contributed by atoms with Crippen molar-refractivity contribution in [3.8, 4) is 0 Å². The molecular formula is C27H31NO3. The van der Waals surface area contributed by atoms with Crippen LogP contribution in [0.5, 0.6) is 0 Å². The van der Waals surface area contributed by atoms with Crippen molar-refractivity contribution in [3.63, 3.8) is 0 Å². The van der Waals surface area contributed by atoms with E-state index in [0.29, 0.717) is 11.5 Å². The molecule has 162 valence electrons. The second-order valence-electron chi connectivity index (χ2n) is 9.02. The molecular weight excluding hydrogens is 386 g/mol. The largest absolute Gasteiger partial charge is 0.507 e. The number of ketones is 1. The molecule has 1 atom stereocenters. The van der Waals surface area contributed by atoms with E-state index in [1.165, 1.54) is 5.56 Å². The molecule has 2 aliphatic rings. The van der Waals surface area contributed by atoms with E-state index in [4.69, 9.17) is 0 Å². The van der Waals surface area contributed by atoms with Gasteiger partial charge in [-0.05, 0) is 41.9 Å². The van der Waals surface area contributed by atoms with Crippen LogP contribution in [0.3, 0.4) is 0 Å². The number of nitrogens with zero attached hydrogens (tertiary/aromatic N) is 1. The van der Waals surface area contributed by atoms with Crippen LogP contribution in [0, 0.1) is 0 Å². The second kappa shape index (κ2) is 8.70. The van der Waals surface area contributed by atoms with Gasteiger partial charge in [0, 0.05) is 11.6 Å². The second-order valence-corrected chi connectivity index (χ2v) is 9.02. The first-order valence-corrected chi connectivity index (χ1v) is 11.4. The lowest BCUT2D eigenvalue weighted by atomic mass is 9.92. The quantitative estimate of drug-likeness (QED) is 0.384. The van der Waals surface area contributed by atoms with Crippen molar-refractivity contribution < 1.29 is 14.7 Å². The molecule has 1 N–H and O–H groups in total. The van der Waals surface area contributed by atoms with E-state index in [-0.39, 0.29) is 17.4 Å². The first-order chi connectivity index (χ1) is 14.9. The van der Waals surface area contributed by atoms with Gasteiger partial charge in [-0.1, -0.05) is 82.1 Å². The van der Waals surface area contributed by atoms with Gasteiger partial charge in [-0.25, -0.2) is 0 Å². The lowest BCUT2D eigenvalue weighted by molar-refractivity contribution is -0.141. The summed E-state index contributed by atoms with van der Waals surface area (Å²) in [4.78, 5) is 28.0. The number of aryl methyl sites for hydroxylation is 1. The number of amides is 1. The lowest BCUT2D eigenvalue weighted by Gasteiger charge is -2.31. The monoisotopic (exact) mass is 417 g/mol. The molecule has 2 aromatic rings. The van der Waals surface area contributed by atoms with Crippen LogP contribution in [0.4, 0.5) is 0 Å². The number of Topliss-reactive ketones (excluding diaryl/α,β-unsaturated/α-hetero) is 1. The number of hydrogen-bond donors (Lipinski definition) is 1. The maximum Gasteiger partial charge on any atom is 0.295 e. The number of carbonyl (C=O) groups is 2. The first-order valence-electron chi connectivity index (χ1n) is 11.4. The molecule has 31 heavy (non-hydrogen) atoms. The topological polar surface area (TPSA) is 57.6 Å². The van der Waals surface area contributed by atoms with Crippen molar-refractivity contribution in [3.05, 3.63) is 76.4 Å². The zero-order valence-electron chi connectivity index (χ0n) is 18.6. The number of carbonyl (C=O) groups excluding carboxylic acids is 2. The summed E-state index contributed by atoms with van der Waals surface area (Å²) in [7, 11) is 0. The molecule has 2 aromatic carbocycles. The highest BCUT2D eigenvalue weighted by Crippen LogP contribution is 2.43. The highest BCUT2D eigenvalue weighted by Gasteiger charge is 2.49. The average molecular weight is 418 g/mol. The van der Waals surface area contributed by atoms with Gasteiger partial charge in [-0.15, -0.1) is 0 Å². The Morgan fingerprint density at radius 2 is 1.61 bits per heavy atom. The molecule has 0 spiro atoms. The van der Waals surface area contributed by atoms with E-state index in [0.717, 1.165) is 43.2 Å². The van der Waals surface area contributed by atoms with Crippen LogP contribution in [0.1, 0.15) is 80.7 Å². The van der Waals surface area contributed by atoms with Crippen molar-refractivity contribution in [2.75, 3.05) is 0 Å². The molecule has 4 rings (SSSR count). The highest BCUT2D eigenvalue weighted by atomic mass is 16.3. The molecule has 1 saturated carbocycles. The van der Waals surface area contributed by atoms with Gasteiger partial charge in [0.25, 0.3) is 11.7 Å². The summed E-state index contributed by atoms with van der Waals surface area (Å²) in [6, 6.07) is 15.2. The summed E-state index contributed by atoms with van der Waals surface area (Å²) in [5, 5.41) is 11.2. The van der Waals surface area contributed by atoms with Gasteiger partial charge in [0.1, 0.15) is 5.76 Å². The maximum atomic E-state index is 13.2. The van der Waals surface area contributed by atoms with Crippen molar-refractivity contribution in [1.29, 1.82) is 0 Å². The number of benzene rings is 2. The summed E-state index contributed by atoms with van der Waals surface area (Å²) in [6.07, 6.45) is 4.82. The fourth-order valence-electron chi connectivity index (χ4n) is 4.85. The van der Waals surface area contributed by atoms with Gasteiger partial charge in [-0.3, -0.25) is 9.59 Å². The Morgan fingerprint density at radius 1 is 1.00 bits per heavy atom. The summed E-state index contributed by atoms with van der Waals surface area (Å²) in [5.41, 5.74) is 4.02. The van der Waals surface area contributed by atoms with Gasteiger partial charge < -0.3 is 10.0 Å². The Bertz CT molecular complexity index is 996. The van der Waals surface area contributed by atoms with Crippen LogP contribution in [0.25, 0.3) is 5.76 Å². The highest BCUT2D eigenvalue weighted by molar-refractivity contribution is 6.46. The van der Waals surface area contributed by atoms with Crippen molar-refractivity contribution in [2.24, 2.45) is 0 Å². The third-order valence-electron chi connectivity index (χ3n) is 6.75. The van der Waals surface area contributed by atoms with Crippen LogP contribution in [-0.4, -0.2) is 27.7 Å². The van der Waals surface area contributed by atoms with Crippen LogP contribution >= 0.6 is 0 Å². The van der Waals surface area contributed by atoms with E-state index in [1.54, 1.807) is 4.90 Å². The Morgan fingerprint density at radius 3 is 2.16 bits per heavy atom. The molecule has 1 unspecified atom stereocenters. The zero-order valence-corrected chi connectivity index (χ0v) is 18.6. The standard InChI is InChI=1S/C27H31NO3/c1-4-18-9-11-21(12-10-18)25(29)23-24(20-15-13-19(14-16-20)17(2)3)28(27(31)26(23)30)22-7-5-6-8-22/h9-17,22,24,29H,4-8H2,1-3H3/b25-23-. The number of aliphatic hydroxyl groups excluding tert-OH is 1. The summed E-state index contributed by atoms with van der Waals surface area (Å²) in [5.74, 6) is -0.759. The van der Waals surface area contributed by atoms with Crippen molar-refractivity contribution >= 4 is 17.4 Å². The minimum Gasteiger partial charge on any atom is -0.507 e. The molecule has 0 bridgehead atoms. The Balaban J connectivity index is 1.84. The smallest absolute Gasteiger partial charge is 0.295 e. The van der Waals surface area contributed by atoms with Crippen LogP contribution in [0.15, 0.2) is 54.1 Å². The molecule has 1 saturated heterocycles. The van der Waals surface area contributed by atoms with Gasteiger partial charge >= 0.3 is 0 Å². The lowest BCUT2D eigenvalue weighted by Crippen LogP contribution is -2.37. The maximum absolute atomic E-state index is 13.2. The van der Waals surface area contributed by atoms with E-state index < -0.39 is 17.7 Å². The molecule has 1 aliphatic carbocycles. The molecule has 1 amide bonds.